The van der Waals surface area contributed by atoms with Crippen LogP contribution in [-0.4, -0.2) is 34.6 Å². The predicted molar refractivity (Wildman–Crippen MR) is 44.7 cm³/mol. The number of esters is 1. The van der Waals surface area contributed by atoms with Gasteiger partial charge in [0.15, 0.2) is 0 Å². The summed E-state index contributed by atoms with van der Waals surface area (Å²) >= 11 is 2.83. The third kappa shape index (κ3) is 3.00. The number of Topliss-reactive ketones (excluding diaryl/α,β-unsaturated/α-hetero) is 1. The second-order valence-electron chi connectivity index (χ2n) is 1.73. The van der Waals surface area contributed by atoms with Gasteiger partial charge in [-0.1, -0.05) is 21.1 Å². The maximum absolute atomic E-state index is 10.8. The highest BCUT2D eigenvalue weighted by atomic mass is 79.9. The van der Waals surface area contributed by atoms with E-state index in [0.717, 1.165) is 0 Å². The van der Waals surface area contributed by atoms with Gasteiger partial charge >= 0.3 is 5.97 Å². The SMILES string of the molecule is CCOC(=O)/C(=N\O)C(=O)CBr. The third-order valence-electron chi connectivity index (χ3n) is 0.954. The lowest BCUT2D eigenvalue weighted by Crippen LogP contribution is -2.27. The fourth-order valence-corrected chi connectivity index (χ4v) is 0.739. The molecule has 0 amide bonds. The number of nitrogens with zero attached hydrogens (tertiary/aromatic N) is 1. The first-order chi connectivity index (χ1) is 5.67. The van der Waals surface area contributed by atoms with Crippen molar-refractivity contribution in [3.8, 4) is 0 Å². The van der Waals surface area contributed by atoms with Crippen LogP contribution >= 0.6 is 15.9 Å². The smallest absolute Gasteiger partial charge is 0.364 e. The molecule has 0 radical (unpaired) electrons. The van der Waals surface area contributed by atoms with E-state index < -0.39 is 17.5 Å². The Labute approximate surface area is 77.5 Å². The van der Waals surface area contributed by atoms with E-state index in [1.807, 2.05) is 0 Å². The molecule has 0 aromatic carbocycles. The molecule has 0 rings (SSSR count). The fraction of sp³-hybridized carbons (Fsp3) is 0.500. The molecule has 0 spiro atoms. The van der Waals surface area contributed by atoms with Crippen molar-refractivity contribution in [1.82, 2.24) is 0 Å². The molecule has 68 valence electrons. The number of halogens is 1. The first kappa shape index (κ1) is 11.1. The van der Waals surface area contributed by atoms with Gasteiger partial charge in [-0.05, 0) is 6.92 Å². The minimum absolute atomic E-state index is 0.0782. The molecule has 0 aliphatic rings. The number of carbonyl (C=O) groups is 2. The molecule has 12 heavy (non-hydrogen) atoms. The summed E-state index contributed by atoms with van der Waals surface area (Å²) in [4.78, 5) is 21.6. The summed E-state index contributed by atoms with van der Waals surface area (Å²) in [6.07, 6.45) is 0. The Morgan fingerprint density at radius 1 is 1.58 bits per heavy atom. The van der Waals surface area contributed by atoms with Crippen molar-refractivity contribution in [2.45, 2.75) is 6.92 Å². The number of ketones is 1. The Balaban J connectivity index is 4.37. The van der Waals surface area contributed by atoms with Crippen molar-refractivity contribution >= 4 is 33.4 Å². The van der Waals surface area contributed by atoms with Gasteiger partial charge in [-0.2, -0.15) is 0 Å². The summed E-state index contributed by atoms with van der Waals surface area (Å²) < 4.78 is 4.45. The standard InChI is InChI=1S/C6H8BrNO4/c1-2-12-6(10)5(8-11)4(9)3-7/h11H,2-3H2,1H3/b8-5-. The molecule has 0 aliphatic heterocycles. The highest BCUT2D eigenvalue weighted by Gasteiger charge is 2.20. The van der Waals surface area contributed by atoms with Gasteiger partial charge in [0.05, 0.1) is 11.9 Å². The number of ether oxygens (including phenoxy) is 1. The number of oxime groups is 1. The normalized spacial score (nSPS) is 11.0. The Hall–Kier alpha value is -0.910. The van der Waals surface area contributed by atoms with E-state index in [4.69, 9.17) is 5.21 Å². The number of rotatable bonds is 4. The maximum atomic E-state index is 10.8. The zero-order chi connectivity index (χ0) is 9.56. The topological polar surface area (TPSA) is 76.0 Å². The fourth-order valence-electron chi connectivity index (χ4n) is 0.473. The third-order valence-corrected chi connectivity index (χ3v) is 1.46. The van der Waals surface area contributed by atoms with Gasteiger partial charge in [0, 0.05) is 0 Å². The zero-order valence-corrected chi connectivity index (χ0v) is 8.00. The van der Waals surface area contributed by atoms with Crippen LogP contribution in [0.4, 0.5) is 0 Å². The quantitative estimate of drug-likeness (QED) is 0.191. The second-order valence-corrected chi connectivity index (χ2v) is 2.29. The molecule has 0 atom stereocenters. The Kier molecular flexibility index (Phi) is 5.27. The summed E-state index contributed by atoms with van der Waals surface area (Å²) in [5.74, 6) is -1.53. The summed E-state index contributed by atoms with van der Waals surface area (Å²) in [6, 6.07) is 0. The minimum Gasteiger partial charge on any atom is -0.461 e. The molecule has 0 bridgehead atoms. The number of hydrogen-bond donors (Lipinski definition) is 1. The van der Waals surface area contributed by atoms with Crippen LogP contribution in [0.3, 0.4) is 0 Å². The maximum Gasteiger partial charge on any atom is 0.364 e. The number of alkyl halides is 1. The van der Waals surface area contributed by atoms with Crippen LogP contribution in [0.15, 0.2) is 5.16 Å². The van der Waals surface area contributed by atoms with Gasteiger partial charge in [-0.15, -0.1) is 0 Å². The van der Waals surface area contributed by atoms with Crippen LogP contribution in [0.25, 0.3) is 0 Å². The molecular formula is C6H8BrNO4. The molecule has 0 saturated carbocycles. The molecule has 1 N–H and O–H groups in total. The van der Waals surface area contributed by atoms with Crippen LogP contribution in [0.5, 0.6) is 0 Å². The molecule has 6 heteroatoms. The molecule has 0 aromatic heterocycles. The predicted octanol–water partition coefficient (Wildman–Crippen LogP) is 0.344. The van der Waals surface area contributed by atoms with Gasteiger partial charge in [-0.25, -0.2) is 4.79 Å². The first-order valence-electron chi connectivity index (χ1n) is 3.15. The van der Waals surface area contributed by atoms with Gasteiger partial charge in [0.25, 0.3) is 0 Å². The second kappa shape index (κ2) is 5.70. The van der Waals surface area contributed by atoms with E-state index in [1.165, 1.54) is 0 Å². The summed E-state index contributed by atoms with van der Waals surface area (Å²) in [6.45, 7) is 1.72. The van der Waals surface area contributed by atoms with Gasteiger partial charge in [0.2, 0.25) is 11.5 Å². The van der Waals surface area contributed by atoms with E-state index >= 15 is 0 Å². The van der Waals surface area contributed by atoms with Crippen LogP contribution < -0.4 is 0 Å². The molecule has 0 aliphatic carbocycles. The van der Waals surface area contributed by atoms with E-state index in [9.17, 15) is 9.59 Å². The Morgan fingerprint density at radius 3 is 2.50 bits per heavy atom. The minimum atomic E-state index is -0.913. The van der Waals surface area contributed by atoms with Gasteiger partial charge in [-0.3, -0.25) is 4.79 Å². The van der Waals surface area contributed by atoms with E-state index in [-0.39, 0.29) is 11.9 Å². The van der Waals surface area contributed by atoms with Gasteiger partial charge < -0.3 is 9.94 Å². The lowest BCUT2D eigenvalue weighted by molar-refractivity contribution is -0.135. The summed E-state index contributed by atoms with van der Waals surface area (Å²) in [7, 11) is 0. The molecule has 0 heterocycles. The molecule has 0 unspecified atom stereocenters. The van der Waals surface area contributed by atoms with Crippen LogP contribution in [0.2, 0.25) is 0 Å². The largest absolute Gasteiger partial charge is 0.461 e. The average molecular weight is 238 g/mol. The van der Waals surface area contributed by atoms with Crippen molar-refractivity contribution in [3.63, 3.8) is 0 Å². The molecule has 0 saturated heterocycles. The number of hydrogen-bond acceptors (Lipinski definition) is 5. The lowest BCUT2D eigenvalue weighted by atomic mass is 10.3. The lowest BCUT2D eigenvalue weighted by Gasteiger charge is -1.99. The Morgan fingerprint density at radius 2 is 2.17 bits per heavy atom. The van der Waals surface area contributed by atoms with Crippen molar-refractivity contribution in [3.05, 3.63) is 0 Å². The van der Waals surface area contributed by atoms with E-state index in [2.05, 4.69) is 25.8 Å². The summed E-state index contributed by atoms with van der Waals surface area (Å²) in [5.41, 5.74) is -0.589. The van der Waals surface area contributed by atoms with Gasteiger partial charge in [0.1, 0.15) is 0 Å². The van der Waals surface area contributed by atoms with Crippen molar-refractivity contribution in [1.29, 1.82) is 0 Å². The molecule has 5 nitrogen and oxygen atoms in total. The highest BCUT2D eigenvalue weighted by molar-refractivity contribution is 9.09. The molecular weight excluding hydrogens is 230 g/mol. The van der Waals surface area contributed by atoms with E-state index in [0.29, 0.717) is 0 Å². The summed E-state index contributed by atoms with van der Waals surface area (Å²) in [5, 5.41) is 10.7. The number of carbonyl (C=O) groups excluding carboxylic acids is 2. The monoisotopic (exact) mass is 237 g/mol. The molecule has 0 aromatic rings. The van der Waals surface area contributed by atoms with Crippen LogP contribution in [0, 0.1) is 0 Å². The first-order valence-corrected chi connectivity index (χ1v) is 4.27. The van der Waals surface area contributed by atoms with Crippen molar-refractivity contribution in [2.24, 2.45) is 5.16 Å². The molecule has 0 fully saturated rings. The van der Waals surface area contributed by atoms with Crippen LogP contribution in [0.1, 0.15) is 6.92 Å². The average Bonchev–Trinajstić information content (AvgIpc) is 2.06. The van der Waals surface area contributed by atoms with Crippen LogP contribution in [-0.2, 0) is 14.3 Å². The highest BCUT2D eigenvalue weighted by Crippen LogP contribution is 1.91. The van der Waals surface area contributed by atoms with E-state index in [1.54, 1.807) is 6.92 Å². The zero-order valence-electron chi connectivity index (χ0n) is 6.41. The van der Waals surface area contributed by atoms with Crippen molar-refractivity contribution < 1.29 is 19.5 Å². The van der Waals surface area contributed by atoms with Crippen molar-refractivity contribution in [2.75, 3.05) is 11.9 Å². The Bertz CT molecular complexity index is 214.